The summed E-state index contributed by atoms with van der Waals surface area (Å²) in [4.78, 5) is 19.6. The molecule has 1 aliphatic rings. The zero-order valence-corrected chi connectivity index (χ0v) is 14.6. The second-order valence-electron chi connectivity index (χ2n) is 6.97. The molecule has 9 heteroatoms. The molecule has 4 rings (SSSR count). The number of carboxylic acid groups (broad SMARTS) is 1. The fraction of sp³-hybridized carbons (Fsp3) is 0.471. The highest BCUT2D eigenvalue weighted by Crippen LogP contribution is 2.35. The first-order chi connectivity index (χ1) is 12.4. The van der Waals surface area contributed by atoms with E-state index in [0.29, 0.717) is 22.6 Å². The topological polar surface area (TPSA) is 119 Å². The maximum Gasteiger partial charge on any atom is 0.338 e. The molecule has 3 heterocycles. The maximum atomic E-state index is 11.0. The summed E-state index contributed by atoms with van der Waals surface area (Å²) in [6.45, 7) is 4.09. The number of aromatic hydroxyl groups is 1. The monoisotopic (exact) mass is 356 g/mol. The minimum atomic E-state index is -1.09. The zero-order valence-electron chi connectivity index (χ0n) is 14.6. The van der Waals surface area contributed by atoms with Gasteiger partial charge in [-0.2, -0.15) is 15.2 Å². The standard InChI is InChI=1S/C17H20N6O3/c1-9-3-5-12(6-4-9)23-14-13(10(2)21-23)19-17(20-15(14)24)22-8-11(7-18-22)16(25)26/h7-9,12H,3-6H2,1-2H3,(H,25,26)(H,19,20,24)/t9-,12-. The number of fused-ring (bicyclic) bond motifs is 1. The van der Waals surface area contributed by atoms with Gasteiger partial charge in [0.05, 0.1) is 23.5 Å². The van der Waals surface area contributed by atoms with Crippen LogP contribution in [-0.4, -0.2) is 45.7 Å². The molecule has 1 aliphatic carbocycles. The van der Waals surface area contributed by atoms with E-state index in [4.69, 9.17) is 5.11 Å². The van der Waals surface area contributed by atoms with Gasteiger partial charge in [-0.1, -0.05) is 6.92 Å². The van der Waals surface area contributed by atoms with E-state index in [1.54, 1.807) is 0 Å². The molecule has 1 saturated carbocycles. The SMILES string of the molecule is Cc1nn([C@H]2CC[C@H](C)CC2)c2c(O)nc(-n3cc(C(=O)O)cn3)nc12. The van der Waals surface area contributed by atoms with Gasteiger partial charge in [-0.3, -0.25) is 4.68 Å². The molecule has 26 heavy (non-hydrogen) atoms. The number of aromatic nitrogens is 6. The first-order valence-corrected chi connectivity index (χ1v) is 8.68. The first kappa shape index (κ1) is 16.5. The molecule has 136 valence electrons. The molecule has 9 nitrogen and oxygen atoms in total. The predicted molar refractivity (Wildman–Crippen MR) is 92.5 cm³/mol. The molecule has 0 spiro atoms. The number of carbonyl (C=O) groups is 1. The second-order valence-corrected chi connectivity index (χ2v) is 6.97. The molecule has 1 fully saturated rings. The number of carboxylic acids is 1. The molecule has 0 atom stereocenters. The predicted octanol–water partition coefficient (Wildman–Crippen LogP) is 2.48. The number of rotatable bonds is 3. The van der Waals surface area contributed by atoms with Crippen LogP contribution in [0.4, 0.5) is 0 Å². The van der Waals surface area contributed by atoms with E-state index in [1.165, 1.54) is 17.1 Å². The third-order valence-electron chi connectivity index (χ3n) is 5.05. The Morgan fingerprint density at radius 2 is 1.96 bits per heavy atom. The van der Waals surface area contributed by atoms with Crippen LogP contribution in [0.15, 0.2) is 12.4 Å². The summed E-state index contributed by atoms with van der Waals surface area (Å²) in [6.07, 6.45) is 6.82. The first-order valence-electron chi connectivity index (χ1n) is 8.68. The highest BCUT2D eigenvalue weighted by Gasteiger charge is 2.25. The lowest BCUT2D eigenvalue weighted by atomic mass is 9.87. The van der Waals surface area contributed by atoms with E-state index >= 15 is 0 Å². The van der Waals surface area contributed by atoms with Crippen molar-refractivity contribution in [3.05, 3.63) is 23.7 Å². The molecule has 0 bridgehead atoms. The Kier molecular flexibility index (Phi) is 3.86. The highest BCUT2D eigenvalue weighted by atomic mass is 16.4. The lowest BCUT2D eigenvalue weighted by Crippen LogP contribution is -2.18. The van der Waals surface area contributed by atoms with Crippen molar-refractivity contribution in [2.24, 2.45) is 5.92 Å². The third-order valence-corrected chi connectivity index (χ3v) is 5.05. The lowest BCUT2D eigenvalue weighted by Gasteiger charge is -2.26. The van der Waals surface area contributed by atoms with Gasteiger partial charge < -0.3 is 10.2 Å². The van der Waals surface area contributed by atoms with Gasteiger partial charge in [0.25, 0.3) is 5.95 Å². The average molecular weight is 356 g/mol. The normalized spacial score (nSPS) is 20.5. The Morgan fingerprint density at radius 1 is 1.23 bits per heavy atom. The van der Waals surface area contributed by atoms with Gasteiger partial charge in [0.15, 0.2) is 0 Å². The molecule has 0 unspecified atom stereocenters. The Labute approximate surface area is 149 Å². The molecular formula is C17H20N6O3. The molecule has 3 aromatic heterocycles. The number of aromatic carboxylic acids is 1. The van der Waals surface area contributed by atoms with Gasteiger partial charge in [0.1, 0.15) is 11.0 Å². The third kappa shape index (κ3) is 2.69. The summed E-state index contributed by atoms with van der Waals surface area (Å²) >= 11 is 0. The number of hydrogen-bond donors (Lipinski definition) is 2. The maximum absolute atomic E-state index is 11.0. The van der Waals surface area contributed by atoms with Gasteiger partial charge in [-0.05, 0) is 38.5 Å². The van der Waals surface area contributed by atoms with E-state index in [9.17, 15) is 9.90 Å². The van der Waals surface area contributed by atoms with E-state index in [-0.39, 0.29) is 23.4 Å². The molecule has 0 amide bonds. The zero-order chi connectivity index (χ0) is 18.4. The van der Waals surface area contributed by atoms with Gasteiger partial charge in [0, 0.05) is 6.20 Å². The van der Waals surface area contributed by atoms with E-state index in [0.717, 1.165) is 25.7 Å². The van der Waals surface area contributed by atoms with Gasteiger partial charge >= 0.3 is 5.97 Å². The van der Waals surface area contributed by atoms with Crippen molar-refractivity contribution in [3.63, 3.8) is 0 Å². The van der Waals surface area contributed by atoms with Crippen molar-refractivity contribution in [1.82, 2.24) is 29.5 Å². The second kappa shape index (κ2) is 6.08. The Balaban J connectivity index is 1.78. The smallest absolute Gasteiger partial charge is 0.338 e. The molecule has 0 saturated heterocycles. The van der Waals surface area contributed by atoms with E-state index in [1.807, 2.05) is 11.6 Å². The van der Waals surface area contributed by atoms with Crippen LogP contribution in [0.2, 0.25) is 0 Å². The minimum Gasteiger partial charge on any atom is -0.492 e. The van der Waals surface area contributed by atoms with Crippen molar-refractivity contribution < 1.29 is 15.0 Å². The average Bonchev–Trinajstić information content (AvgIpc) is 3.22. The van der Waals surface area contributed by atoms with Crippen molar-refractivity contribution in [3.8, 4) is 11.8 Å². The Bertz CT molecular complexity index is 984. The van der Waals surface area contributed by atoms with E-state index in [2.05, 4.69) is 27.1 Å². The van der Waals surface area contributed by atoms with Crippen molar-refractivity contribution in [1.29, 1.82) is 0 Å². The number of nitrogens with zero attached hydrogens (tertiary/aromatic N) is 6. The van der Waals surface area contributed by atoms with Crippen LogP contribution < -0.4 is 0 Å². The van der Waals surface area contributed by atoms with Crippen molar-refractivity contribution >= 4 is 17.0 Å². The van der Waals surface area contributed by atoms with Crippen LogP contribution in [0.3, 0.4) is 0 Å². The lowest BCUT2D eigenvalue weighted by molar-refractivity contribution is 0.0697. The molecule has 3 aromatic rings. The van der Waals surface area contributed by atoms with Crippen LogP contribution in [0.5, 0.6) is 5.88 Å². The largest absolute Gasteiger partial charge is 0.492 e. The van der Waals surface area contributed by atoms with Crippen molar-refractivity contribution in [2.75, 3.05) is 0 Å². The summed E-state index contributed by atoms with van der Waals surface area (Å²) in [6, 6.07) is 0.228. The van der Waals surface area contributed by atoms with Crippen LogP contribution in [0, 0.1) is 12.8 Å². The van der Waals surface area contributed by atoms with Crippen LogP contribution in [-0.2, 0) is 0 Å². The fourth-order valence-corrected chi connectivity index (χ4v) is 3.55. The fourth-order valence-electron chi connectivity index (χ4n) is 3.55. The summed E-state index contributed by atoms with van der Waals surface area (Å²) in [5, 5.41) is 28.1. The van der Waals surface area contributed by atoms with Gasteiger partial charge in [-0.15, -0.1) is 0 Å². The Hall–Kier alpha value is -2.97. The molecule has 0 aromatic carbocycles. The van der Waals surface area contributed by atoms with Crippen molar-refractivity contribution in [2.45, 2.75) is 45.6 Å². The molecule has 2 N–H and O–H groups in total. The summed E-state index contributed by atoms with van der Waals surface area (Å²) in [7, 11) is 0. The van der Waals surface area contributed by atoms with Crippen LogP contribution >= 0.6 is 0 Å². The molecule has 0 radical (unpaired) electrons. The summed E-state index contributed by atoms with van der Waals surface area (Å²) in [5.74, 6) is -0.426. The quantitative estimate of drug-likeness (QED) is 0.740. The molecular weight excluding hydrogens is 336 g/mol. The number of aryl methyl sites for hydroxylation is 1. The van der Waals surface area contributed by atoms with Gasteiger partial charge in [-0.25, -0.2) is 14.5 Å². The summed E-state index contributed by atoms with van der Waals surface area (Å²) < 4.78 is 3.09. The number of hydrogen-bond acceptors (Lipinski definition) is 6. The van der Waals surface area contributed by atoms with E-state index < -0.39 is 5.97 Å². The Morgan fingerprint density at radius 3 is 2.62 bits per heavy atom. The van der Waals surface area contributed by atoms with Crippen LogP contribution in [0.25, 0.3) is 17.0 Å². The highest BCUT2D eigenvalue weighted by molar-refractivity contribution is 5.87. The minimum absolute atomic E-state index is 0.0249. The summed E-state index contributed by atoms with van der Waals surface area (Å²) in [5.41, 5.74) is 1.80. The van der Waals surface area contributed by atoms with Crippen LogP contribution in [0.1, 0.15) is 54.7 Å². The van der Waals surface area contributed by atoms with Gasteiger partial charge in [0.2, 0.25) is 5.88 Å². The molecule has 0 aliphatic heterocycles.